The molecule has 2 aromatic carbocycles. The summed E-state index contributed by atoms with van der Waals surface area (Å²) in [6, 6.07) is 14.2. The Morgan fingerprint density at radius 2 is 1.53 bits per heavy atom. The lowest BCUT2D eigenvalue weighted by molar-refractivity contribution is -0.137. The van der Waals surface area contributed by atoms with Crippen molar-refractivity contribution in [2.75, 3.05) is 6.61 Å². The molecule has 4 saturated carbocycles. The summed E-state index contributed by atoms with van der Waals surface area (Å²) in [5.74, 6) is 2.53. The first-order valence-corrected chi connectivity index (χ1v) is 14.0. The lowest BCUT2D eigenvalue weighted by Crippen LogP contribution is -2.48. The quantitative estimate of drug-likeness (QED) is 0.161. The smallest absolute Gasteiger partial charge is 0.339 e. The zero-order valence-corrected chi connectivity index (χ0v) is 22.9. The van der Waals surface area contributed by atoms with Crippen LogP contribution in [-0.2, 0) is 15.0 Å². The SMILES string of the molecule is C=C(C(=O)Oc1ccc(-c2ccc(OCCCC(=O)O)cc2)c(C23CC4CC(CC(C4)C2)C3)c1)C(C)(C)C. The number of ether oxygens (including phenoxy) is 2. The third-order valence-electron chi connectivity index (χ3n) is 8.93. The van der Waals surface area contributed by atoms with Gasteiger partial charge in [0.15, 0.2) is 0 Å². The molecule has 0 unspecified atom stereocenters. The van der Waals surface area contributed by atoms with Gasteiger partial charge in [0.25, 0.3) is 0 Å². The Balaban J connectivity index is 1.44. The summed E-state index contributed by atoms with van der Waals surface area (Å²) in [7, 11) is 0. The molecule has 0 radical (unpaired) electrons. The number of carboxylic acids is 1. The first kappa shape index (κ1) is 26.5. The van der Waals surface area contributed by atoms with Gasteiger partial charge in [0.2, 0.25) is 0 Å². The molecule has 38 heavy (non-hydrogen) atoms. The van der Waals surface area contributed by atoms with Crippen LogP contribution in [0.4, 0.5) is 0 Å². The van der Waals surface area contributed by atoms with Crippen LogP contribution in [0.5, 0.6) is 11.5 Å². The lowest BCUT2D eigenvalue weighted by atomic mass is 9.47. The van der Waals surface area contributed by atoms with E-state index >= 15 is 0 Å². The van der Waals surface area contributed by atoms with Gasteiger partial charge in [-0.1, -0.05) is 45.5 Å². The Kier molecular flexibility index (Phi) is 7.15. The molecular formula is C33H40O5. The second kappa shape index (κ2) is 10.2. The molecule has 0 heterocycles. The molecule has 4 aliphatic rings. The van der Waals surface area contributed by atoms with E-state index in [9.17, 15) is 9.59 Å². The van der Waals surface area contributed by atoms with Crippen molar-refractivity contribution in [1.29, 1.82) is 0 Å². The summed E-state index contributed by atoms with van der Waals surface area (Å²) in [6.07, 6.45) is 8.31. The van der Waals surface area contributed by atoms with E-state index in [1.807, 2.05) is 39.0 Å². The first-order valence-electron chi connectivity index (χ1n) is 14.0. The number of carbonyl (C=O) groups excluding carboxylic acids is 1. The number of hydrogen-bond acceptors (Lipinski definition) is 4. The Hall–Kier alpha value is -3.08. The predicted octanol–water partition coefficient (Wildman–Crippen LogP) is 7.57. The van der Waals surface area contributed by atoms with Crippen molar-refractivity contribution >= 4 is 11.9 Å². The van der Waals surface area contributed by atoms with E-state index < -0.39 is 5.97 Å². The van der Waals surface area contributed by atoms with Gasteiger partial charge < -0.3 is 14.6 Å². The maximum atomic E-state index is 12.9. The van der Waals surface area contributed by atoms with Gasteiger partial charge in [0.1, 0.15) is 11.5 Å². The van der Waals surface area contributed by atoms with Crippen molar-refractivity contribution in [1.82, 2.24) is 0 Å². The van der Waals surface area contributed by atoms with E-state index in [4.69, 9.17) is 14.6 Å². The molecule has 0 amide bonds. The van der Waals surface area contributed by atoms with Crippen LogP contribution >= 0.6 is 0 Å². The highest BCUT2D eigenvalue weighted by Gasteiger charge is 2.52. The Morgan fingerprint density at radius 3 is 2.08 bits per heavy atom. The van der Waals surface area contributed by atoms with Crippen molar-refractivity contribution in [3.8, 4) is 22.6 Å². The highest BCUT2D eigenvalue weighted by Crippen LogP contribution is 2.62. The largest absolute Gasteiger partial charge is 0.494 e. The number of aliphatic carboxylic acids is 1. The number of carbonyl (C=O) groups is 2. The number of esters is 1. The van der Waals surface area contributed by atoms with Crippen LogP contribution in [0, 0.1) is 23.2 Å². The lowest BCUT2D eigenvalue weighted by Gasteiger charge is -2.57. The Bertz CT molecular complexity index is 1180. The normalized spacial score (nSPS) is 25.7. The Morgan fingerprint density at radius 1 is 0.947 bits per heavy atom. The second-order valence-corrected chi connectivity index (χ2v) is 12.9. The number of rotatable bonds is 9. The topological polar surface area (TPSA) is 72.8 Å². The molecule has 0 aromatic heterocycles. The van der Waals surface area contributed by atoms with E-state index in [-0.39, 0.29) is 23.2 Å². The fourth-order valence-electron chi connectivity index (χ4n) is 7.34. The minimum Gasteiger partial charge on any atom is -0.494 e. The van der Waals surface area contributed by atoms with E-state index in [2.05, 4.69) is 30.8 Å². The van der Waals surface area contributed by atoms with Crippen LogP contribution in [0.1, 0.15) is 77.7 Å². The van der Waals surface area contributed by atoms with Gasteiger partial charge in [-0.2, -0.15) is 0 Å². The average Bonchev–Trinajstić information content (AvgIpc) is 2.85. The molecule has 5 nitrogen and oxygen atoms in total. The summed E-state index contributed by atoms with van der Waals surface area (Å²) >= 11 is 0. The molecule has 6 rings (SSSR count). The van der Waals surface area contributed by atoms with Gasteiger partial charge in [0.05, 0.1) is 6.61 Å². The van der Waals surface area contributed by atoms with Crippen molar-refractivity contribution in [3.05, 3.63) is 60.2 Å². The molecule has 0 spiro atoms. The summed E-state index contributed by atoms with van der Waals surface area (Å²) in [5, 5.41) is 8.83. The van der Waals surface area contributed by atoms with Gasteiger partial charge in [-0.25, -0.2) is 4.79 Å². The van der Waals surface area contributed by atoms with Gasteiger partial charge >= 0.3 is 11.9 Å². The molecular weight excluding hydrogens is 476 g/mol. The van der Waals surface area contributed by atoms with E-state index in [1.54, 1.807) is 0 Å². The molecule has 5 heteroatoms. The maximum absolute atomic E-state index is 12.9. The van der Waals surface area contributed by atoms with Gasteiger partial charge in [-0.3, -0.25) is 4.79 Å². The van der Waals surface area contributed by atoms with Crippen LogP contribution in [0.25, 0.3) is 11.1 Å². The summed E-state index contributed by atoms with van der Waals surface area (Å²) in [5.41, 5.74) is 3.86. The van der Waals surface area contributed by atoms with Gasteiger partial charge in [-0.05, 0) is 114 Å². The summed E-state index contributed by atoms with van der Waals surface area (Å²) in [6.45, 7) is 10.3. The highest BCUT2D eigenvalue weighted by atomic mass is 16.5. The maximum Gasteiger partial charge on any atom is 0.339 e. The van der Waals surface area contributed by atoms with E-state index in [0.717, 1.165) is 29.1 Å². The molecule has 4 fully saturated rings. The van der Waals surface area contributed by atoms with Crippen molar-refractivity contribution in [3.63, 3.8) is 0 Å². The number of benzene rings is 2. The standard InChI is InChI=1S/C33H40O5/c1-21(32(2,3)4)31(36)38-27-11-12-28(25-7-9-26(10-8-25)37-13-5-6-30(34)35)29(17-27)33-18-22-14-23(19-33)16-24(15-22)20-33/h7-12,17,22-24H,1,5-6,13-16,18-20H2,2-4H3,(H,34,35). The summed E-state index contributed by atoms with van der Waals surface area (Å²) in [4.78, 5) is 23.6. The van der Waals surface area contributed by atoms with E-state index in [1.165, 1.54) is 49.7 Å². The zero-order valence-electron chi connectivity index (χ0n) is 22.9. The summed E-state index contributed by atoms with van der Waals surface area (Å²) < 4.78 is 11.6. The minimum atomic E-state index is -0.807. The fourth-order valence-corrected chi connectivity index (χ4v) is 7.34. The number of carboxylic acid groups (broad SMARTS) is 1. The molecule has 0 saturated heterocycles. The zero-order chi connectivity index (χ0) is 27.1. The monoisotopic (exact) mass is 516 g/mol. The van der Waals surface area contributed by atoms with Crippen LogP contribution in [-0.4, -0.2) is 23.7 Å². The molecule has 1 N–H and O–H groups in total. The van der Waals surface area contributed by atoms with Crippen LogP contribution in [0.2, 0.25) is 0 Å². The van der Waals surface area contributed by atoms with Crippen molar-refractivity contribution < 1.29 is 24.2 Å². The van der Waals surface area contributed by atoms with Crippen molar-refractivity contribution in [2.45, 2.75) is 77.6 Å². The van der Waals surface area contributed by atoms with E-state index in [0.29, 0.717) is 24.4 Å². The first-order chi connectivity index (χ1) is 18.0. The fraction of sp³-hybridized carbons (Fsp3) is 0.515. The second-order valence-electron chi connectivity index (χ2n) is 12.9. The number of hydrogen-bond donors (Lipinski definition) is 1. The van der Waals surface area contributed by atoms with Crippen LogP contribution in [0.15, 0.2) is 54.6 Å². The predicted molar refractivity (Wildman–Crippen MR) is 148 cm³/mol. The molecule has 4 bridgehead atoms. The average molecular weight is 517 g/mol. The van der Waals surface area contributed by atoms with Crippen LogP contribution in [0.3, 0.4) is 0 Å². The molecule has 4 aliphatic carbocycles. The third kappa shape index (κ3) is 5.52. The van der Waals surface area contributed by atoms with Gasteiger partial charge in [-0.15, -0.1) is 0 Å². The molecule has 0 aliphatic heterocycles. The van der Waals surface area contributed by atoms with Crippen molar-refractivity contribution in [2.24, 2.45) is 23.2 Å². The van der Waals surface area contributed by atoms with Crippen LogP contribution < -0.4 is 9.47 Å². The third-order valence-corrected chi connectivity index (χ3v) is 8.93. The highest BCUT2D eigenvalue weighted by molar-refractivity contribution is 5.91. The molecule has 0 atom stereocenters. The molecule has 202 valence electrons. The minimum absolute atomic E-state index is 0.104. The van der Waals surface area contributed by atoms with Gasteiger partial charge in [0, 0.05) is 12.0 Å². The molecule has 2 aromatic rings. The Labute approximate surface area is 226 Å².